The maximum absolute atomic E-state index is 12.7. The zero-order valence-electron chi connectivity index (χ0n) is 15.6. The van der Waals surface area contributed by atoms with Gasteiger partial charge in [0.15, 0.2) is 5.82 Å². The molecule has 2 heterocycles. The molecule has 0 aliphatic heterocycles. The molecule has 4 N–H and O–H groups in total. The second-order valence-electron chi connectivity index (χ2n) is 8.30. The van der Waals surface area contributed by atoms with Crippen molar-refractivity contribution in [2.24, 2.45) is 11.8 Å². The zero-order valence-corrected chi connectivity index (χ0v) is 17.1. The molecule has 0 bridgehead atoms. The summed E-state index contributed by atoms with van der Waals surface area (Å²) in [6, 6.07) is 8.93. The lowest BCUT2D eigenvalue weighted by Gasteiger charge is -2.27. The minimum absolute atomic E-state index is 0.0357. The smallest absolute Gasteiger partial charge is 0.287 e. The Morgan fingerprint density at radius 1 is 1.13 bits per heavy atom. The number of H-pyrrole nitrogens is 2. The van der Waals surface area contributed by atoms with E-state index in [-0.39, 0.29) is 29.6 Å². The van der Waals surface area contributed by atoms with Crippen LogP contribution < -0.4 is 5.32 Å². The molecule has 2 aliphatic carbocycles. The summed E-state index contributed by atoms with van der Waals surface area (Å²) < 4.78 is 0. The van der Waals surface area contributed by atoms with Gasteiger partial charge in [-0.1, -0.05) is 23.2 Å². The summed E-state index contributed by atoms with van der Waals surface area (Å²) >= 11 is 12.2. The number of aromatic amines is 2. The van der Waals surface area contributed by atoms with E-state index < -0.39 is 5.60 Å². The number of benzene rings is 2. The van der Waals surface area contributed by atoms with Crippen LogP contribution in [0.5, 0.6) is 0 Å². The van der Waals surface area contributed by atoms with Gasteiger partial charge in [0.05, 0.1) is 28.3 Å². The Hall–Kier alpha value is -2.61. The Labute approximate surface area is 180 Å². The van der Waals surface area contributed by atoms with Gasteiger partial charge in [-0.3, -0.25) is 9.89 Å². The first-order chi connectivity index (χ1) is 14.4. The summed E-state index contributed by atoms with van der Waals surface area (Å²) in [5.74, 6) is 0.463. The molecule has 2 aliphatic rings. The van der Waals surface area contributed by atoms with Gasteiger partial charge in [-0.2, -0.15) is 5.10 Å². The van der Waals surface area contributed by atoms with Gasteiger partial charge in [-0.05, 0) is 60.6 Å². The normalized spacial score (nSPS) is 27.5. The van der Waals surface area contributed by atoms with Gasteiger partial charge >= 0.3 is 0 Å². The molecule has 7 nitrogen and oxygen atoms in total. The molecule has 0 radical (unpaired) electrons. The number of imidazole rings is 1. The Morgan fingerprint density at radius 3 is 2.73 bits per heavy atom. The van der Waals surface area contributed by atoms with Gasteiger partial charge in [-0.25, -0.2) is 4.98 Å². The van der Waals surface area contributed by atoms with E-state index >= 15 is 0 Å². The van der Waals surface area contributed by atoms with Crippen molar-refractivity contribution in [3.8, 4) is 0 Å². The average molecular weight is 442 g/mol. The highest BCUT2D eigenvalue weighted by molar-refractivity contribution is 6.31. The second-order valence-corrected chi connectivity index (χ2v) is 9.17. The van der Waals surface area contributed by atoms with Crippen molar-refractivity contribution in [3.05, 3.63) is 58.0 Å². The van der Waals surface area contributed by atoms with E-state index in [2.05, 4.69) is 25.5 Å². The van der Waals surface area contributed by atoms with E-state index in [1.807, 2.05) is 6.07 Å². The molecule has 2 saturated carbocycles. The SMILES string of the molecule is O=C(NC1[C@H]2CC(O)(c3cc(Cl)cc4[nH]ncc34)C[C@@H]12)c1nc2cc(Cl)ccc2[nH]1. The van der Waals surface area contributed by atoms with E-state index in [4.69, 9.17) is 23.2 Å². The van der Waals surface area contributed by atoms with Gasteiger partial charge in [0, 0.05) is 21.5 Å². The zero-order chi connectivity index (χ0) is 20.6. The number of rotatable bonds is 3. The maximum atomic E-state index is 12.7. The molecule has 2 aromatic carbocycles. The minimum Gasteiger partial charge on any atom is -0.385 e. The number of carbonyl (C=O) groups is 1. The van der Waals surface area contributed by atoms with Crippen molar-refractivity contribution in [1.82, 2.24) is 25.5 Å². The van der Waals surface area contributed by atoms with Crippen molar-refractivity contribution in [2.75, 3.05) is 0 Å². The van der Waals surface area contributed by atoms with E-state index in [0.29, 0.717) is 28.4 Å². The van der Waals surface area contributed by atoms with Crippen LogP contribution in [0.4, 0.5) is 0 Å². The summed E-state index contributed by atoms with van der Waals surface area (Å²) in [7, 11) is 0. The van der Waals surface area contributed by atoms with Gasteiger partial charge < -0.3 is 15.4 Å². The van der Waals surface area contributed by atoms with E-state index in [1.54, 1.807) is 30.5 Å². The monoisotopic (exact) mass is 441 g/mol. The predicted molar refractivity (Wildman–Crippen MR) is 114 cm³/mol. The van der Waals surface area contributed by atoms with Crippen LogP contribution in [0.15, 0.2) is 36.5 Å². The number of carbonyl (C=O) groups excluding carboxylic acids is 1. The lowest BCUT2D eigenvalue weighted by Crippen LogP contribution is -2.34. The van der Waals surface area contributed by atoms with E-state index in [9.17, 15) is 9.90 Å². The number of hydrogen-bond donors (Lipinski definition) is 4. The molecule has 2 aromatic heterocycles. The molecule has 1 amide bonds. The molecule has 4 atom stereocenters. The number of hydrogen-bond acceptors (Lipinski definition) is 4. The highest BCUT2D eigenvalue weighted by atomic mass is 35.5. The average Bonchev–Trinajstić information content (AvgIpc) is 3.16. The highest BCUT2D eigenvalue weighted by Crippen LogP contribution is 2.60. The van der Waals surface area contributed by atoms with Crippen molar-refractivity contribution in [1.29, 1.82) is 0 Å². The fraction of sp³-hybridized carbons (Fsp3) is 0.286. The molecule has 4 aromatic rings. The van der Waals surface area contributed by atoms with Crippen LogP contribution in [0, 0.1) is 11.8 Å². The summed E-state index contributed by atoms with van der Waals surface area (Å²) in [6.45, 7) is 0. The van der Waals surface area contributed by atoms with Crippen LogP contribution in [0.25, 0.3) is 21.9 Å². The van der Waals surface area contributed by atoms with Crippen LogP contribution in [0.3, 0.4) is 0 Å². The number of halogens is 2. The van der Waals surface area contributed by atoms with Crippen molar-refractivity contribution in [2.45, 2.75) is 24.5 Å². The van der Waals surface area contributed by atoms with E-state index in [0.717, 1.165) is 22.0 Å². The first kappa shape index (κ1) is 18.2. The third-order valence-corrected chi connectivity index (χ3v) is 6.91. The Bertz CT molecular complexity index is 1320. The van der Waals surface area contributed by atoms with Crippen LogP contribution in [-0.2, 0) is 5.60 Å². The first-order valence-electron chi connectivity index (χ1n) is 9.73. The van der Waals surface area contributed by atoms with Crippen LogP contribution >= 0.6 is 23.2 Å². The van der Waals surface area contributed by atoms with Gasteiger partial charge in [0.1, 0.15) is 0 Å². The second kappa shape index (κ2) is 6.20. The number of amides is 1. The van der Waals surface area contributed by atoms with Crippen molar-refractivity contribution in [3.63, 3.8) is 0 Å². The molecule has 2 fully saturated rings. The lowest BCUT2D eigenvalue weighted by molar-refractivity contribution is 0.0293. The third kappa shape index (κ3) is 2.73. The fourth-order valence-electron chi connectivity index (χ4n) is 5.01. The topological polar surface area (TPSA) is 107 Å². The number of fused-ring (bicyclic) bond motifs is 3. The quantitative estimate of drug-likeness (QED) is 0.388. The molecule has 0 spiro atoms. The standard InChI is InChI=1S/C21H17Cl2N5O2/c22-9-1-2-15-17(4-9)26-19(25-15)20(29)27-18-11-6-21(30,7-12(11)18)14-3-10(23)5-16-13(14)8-24-28-16/h1-5,8,11-12,18,30H,6-7H2,(H,24,28)(H,25,26)(H,27,29)/t11-,12+,18?,21?. The Morgan fingerprint density at radius 2 is 1.93 bits per heavy atom. The Balaban J connectivity index is 1.19. The predicted octanol–water partition coefficient (Wildman–Crippen LogP) is 3.77. The molecule has 0 saturated heterocycles. The minimum atomic E-state index is -0.973. The number of aromatic nitrogens is 4. The van der Waals surface area contributed by atoms with Gasteiger partial charge in [0.2, 0.25) is 0 Å². The third-order valence-electron chi connectivity index (χ3n) is 6.46. The van der Waals surface area contributed by atoms with Crippen LogP contribution in [-0.4, -0.2) is 37.2 Å². The summed E-state index contributed by atoms with van der Waals surface area (Å²) in [6.07, 6.45) is 2.86. The maximum Gasteiger partial charge on any atom is 0.287 e. The lowest BCUT2D eigenvalue weighted by atomic mass is 9.86. The molecule has 2 unspecified atom stereocenters. The molecular formula is C21H17Cl2N5O2. The van der Waals surface area contributed by atoms with Gasteiger partial charge in [0.25, 0.3) is 5.91 Å². The highest BCUT2D eigenvalue weighted by Gasteiger charge is 2.62. The fourth-order valence-corrected chi connectivity index (χ4v) is 5.39. The van der Waals surface area contributed by atoms with Crippen molar-refractivity contribution < 1.29 is 9.90 Å². The molecule has 152 valence electrons. The number of aliphatic hydroxyl groups is 1. The van der Waals surface area contributed by atoms with E-state index in [1.165, 1.54) is 0 Å². The number of nitrogens with one attached hydrogen (secondary N) is 3. The van der Waals surface area contributed by atoms with Crippen LogP contribution in [0.2, 0.25) is 10.0 Å². The summed E-state index contributed by atoms with van der Waals surface area (Å²) in [4.78, 5) is 20.0. The van der Waals surface area contributed by atoms with Crippen LogP contribution in [0.1, 0.15) is 29.0 Å². The summed E-state index contributed by atoms with van der Waals surface area (Å²) in [5.41, 5.74) is 2.05. The van der Waals surface area contributed by atoms with Gasteiger partial charge in [-0.15, -0.1) is 0 Å². The van der Waals surface area contributed by atoms with Crippen molar-refractivity contribution >= 4 is 51.0 Å². The number of nitrogens with zero attached hydrogens (tertiary/aromatic N) is 2. The largest absolute Gasteiger partial charge is 0.385 e. The molecule has 6 rings (SSSR count). The Kier molecular flexibility index (Phi) is 3.76. The molecular weight excluding hydrogens is 425 g/mol. The first-order valence-corrected chi connectivity index (χ1v) is 10.5. The summed E-state index contributed by atoms with van der Waals surface area (Å²) in [5, 5.41) is 23.4. The molecule has 30 heavy (non-hydrogen) atoms. The molecule has 9 heteroatoms.